The van der Waals surface area contributed by atoms with Gasteiger partial charge in [0.1, 0.15) is 6.10 Å². The molecule has 1 heterocycles. The summed E-state index contributed by atoms with van der Waals surface area (Å²) in [6, 6.07) is 0. The van der Waals surface area contributed by atoms with Crippen molar-refractivity contribution in [3.05, 3.63) is 11.5 Å². The summed E-state index contributed by atoms with van der Waals surface area (Å²) in [4.78, 5) is 11.6. The number of hydrogen-bond donors (Lipinski definition) is 0. The molecule has 128 valence electrons. The molecule has 0 aromatic heterocycles. The number of carbonyl (C=O) groups excluding carboxylic acids is 1. The highest BCUT2D eigenvalue weighted by Gasteiger charge is 2.44. The summed E-state index contributed by atoms with van der Waals surface area (Å²) in [6.45, 7) is -0.701. The van der Waals surface area contributed by atoms with Gasteiger partial charge in [0.2, 0.25) is 5.76 Å². The molecule has 1 aliphatic heterocycles. The number of rotatable bonds is 8. The highest BCUT2D eigenvalue weighted by atomic mass is 32.2. The molecule has 0 aliphatic carbocycles. The van der Waals surface area contributed by atoms with Crippen molar-refractivity contribution in [2.45, 2.75) is 12.2 Å². The third kappa shape index (κ3) is 5.12. The zero-order chi connectivity index (χ0) is 17.1. The van der Waals surface area contributed by atoms with Crippen LogP contribution in [-0.2, 0) is 47.6 Å². The number of methoxy groups -OCH3 is 2. The van der Waals surface area contributed by atoms with Crippen molar-refractivity contribution in [3.63, 3.8) is 0 Å². The molecule has 0 N–H and O–H groups in total. The molecule has 0 amide bonds. The van der Waals surface area contributed by atoms with Crippen molar-refractivity contribution in [1.82, 2.24) is 0 Å². The minimum Gasteiger partial charge on any atom is -0.493 e. The molecule has 22 heavy (non-hydrogen) atoms. The van der Waals surface area contributed by atoms with Crippen LogP contribution in [0.1, 0.15) is 0 Å². The molecule has 0 aromatic rings. The van der Waals surface area contributed by atoms with Gasteiger partial charge in [-0.3, -0.25) is 8.37 Å². The van der Waals surface area contributed by atoms with E-state index in [-0.39, 0.29) is 11.5 Å². The molecule has 10 nitrogen and oxygen atoms in total. The number of hydrogen-bond acceptors (Lipinski definition) is 10. The molecule has 2 atom stereocenters. The van der Waals surface area contributed by atoms with Crippen LogP contribution in [0, 0.1) is 0 Å². The van der Waals surface area contributed by atoms with Crippen molar-refractivity contribution >= 4 is 26.2 Å². The van der Waals surface area contributed by atoms with Crippen LogP contribution in [0.25, 0.3) is 0 Å². The Morgan fingerprint density at radius 2 is 1.68 bits per heavy atom. The highest BCUT2D eigenvalue weighted by Crippen LogP contribution is 2.28. The van der Waals surface area contributed by atoms with E-state index in [0.29, 0.717) is 0 Å². The Kier molecular flexibility index (Phi) is 5.78. The molecule has 1 aliphatic rings. The third-order valence-corrected chi connectivity index (χ3v) is 3.57. The minimum atomic E-state index is -3.99. The highest BCUT2D eigenvalue weighted by molar-refractivity contribution is 7.86. The standard InChI is InChI=1S/C10H16O10S2/c1-16-8-7(19-10(11)9(8)17-2)6(20-22(4,14)15)5-18-21(3,12)13/h6-7H,5H2,1-4H3/t6-,7+/m1/s1. The molecule has 1 rings (SSSR count). The fourth-order valence-electron chi connectivity index (χ4n) is 1.67. The van der Waals surface area contributed by atoms with E-state index in [2.05, 4.69) is 4.18 Å². The first kappa shape index (κ1) is 18.7. The molecule has 0 spiro atoms. The van der Waals surface area contributed by atoms with Gasteiger partial charge in [0.25, 0.3) is 20.2 Å². The first-order valence-corrected chi connectivity index (χ1v) is 9.37. The zero-order valence-corrected chi connectivity index (χ0v) is 13.9. The van der Waals surface area contributed by atoms with Crippen molar-refractivity contribution in [2.24, 2.45) is 0 Å². The zero-order valence-electron chi connectivity index (χ0n) is 12.3. The number of ether oxygens (including phenoxy) is 3. The summed E-state index contributed by atoms with van der Waals surface area (Å²) in [5.74, 6) is -1.29. The predicted molar refractivity (Wildman–Crippen MR) is 71.4 cm³/mol. The topological polar surface area (TPSA) is 132 Å². The maximum atomic E-state index is 11.6. The lowest BCUT2D eigenvalue weighted by Gasteiger charge is -2.22. The van der Waals surface area contributed by atoms with Gasteiger partial charge in [0.15, 0.2) is 11.9 Å². The molecule has 0 unspecified atom stereocenters. The summed E-state index contributed by atoms with van der Waals surface area (Å²) in [7, 11) is -5.45. The van der Waals surface area contributed by atoms with E-state index >= 15 is 0 Å². The minimum absolute atomic E-state index is 0.127. The Bertz CT molecular complexity index is 660. The maximum absolute atomic E-state index is 11.6. The first-order valence-electron chi connectivity index (χ1n) is 5.74. The van der Waals surface area contributed by atoms with Gasteiger partial charge in [-0.15, -0.1) is 0 Å². The van der Waals surface area contributed by atoms with Gasteiger partial charge in [-0.2, -0.15) is 16.8 Å². The monoisotopic (exact) mass is 360 g/mol. The van der Waals surface area contributed by atoms with E-state index in [1.807, 2.05) is 0 Å². The fraction of sp³-hybridized carbons (Fsp3) is 0.700. The first-order chi connectivity index (χ1) is 9.98. The molecule has 0 fully saturated rings. The Morgan fingerprint density at radius 1 is 1.09 bits per heavy atom. The molecule has 0 saturated carbocycles. The van der Waals surface area contributed by atoms with Crippen molar-refractivity contribution in [1.29, 1.82) is 0 Å². The smallest absolute Gasteiger partial charge is 0.378 e. The van der Waals surface area contributed by atoms with Crippen molar-refractivity contribution in [3.8, 4) is 0 Å². The van der Waals surface area contributed by atoms with Crippen molar-refractivity contribution < 1.29 is 44.2 Å². The summed E-state index contributed by atoms with van der Waals surface area (Å²) < 4.78 is 68.6. The van der Waals surface area contributed by atoms with Gasteiger partial charge in [0.05, 0.1) is 33.3 Å². The second kappa shape index (κ2) is 6.81. The summed E-state index contributed by atoms with van der Waals surface area (Å²) in [5, 5.41) is 0. The second-order valence-electron chi connectivity index (χ2n) is 4.25. The number of esters is 1. The van der Waals surface area contributed by atoms with E-state index in [0.717, 1.165) is 12.5 Å². The van der Waals surface area contributed by atoms with Crippen LogP contribution in [0.5, 0.6) is 0 Å². The van der Waals surface area contributed by atoms with Gasteiger partial charge in [0, 0.05) is 0 Å². The molecule has 0 saturated heterocycles. The van der Waals surface area contributed by atoms with Crippen LogP contribution in [0.4, 0.5) is 0 Å². The predicted octanol–water partition coefficient (Wildman–Crippen LogP) is -1.26. The Labute approximate surface area is 128 Å². The molecule has 0 aromatic carbocycles. The SMILES string of the molecule is COC1=C(OC)[C@H]([C@@H](COS(C)(=O)=O)OS(C)(=O)=O)OC1=O. The third-order valence-electron chi connectivity index (χ3n) is 2.41. The average Bonchev–Trinajstić information content (AvgIpc) is 2.68. The lowest BCUT2D eigenvalue weighted by atomic mass is 10.2. The normalized spacial score (nSPS) is 20.7. The van der Waals surface area contributed by atoms with Crippen LogP contribution < -0.4 is 0 Å². The molecular formula is C10H16O10S2. The molecular weight excluding hydrogens is 344 g/mol. The largest absolute Gasteiger partial charge is 0.493 e. The Balaban J connectivity index is 3.10. The molecule has 0 radical (unpaired) electrons. The number of carbonyl (C=O) groups is 1. The van der Waals surface area contributed by atoms with Crippen LogP contribution in [0.2, 0.25) is 0 Å². The van der Waals surface area contributed by atoms with Gasteiger partial charge in [-0.25, -0.2) is 4.79 Å². The molecule has 12 heteroatoms. The number of cyclic esters (lactones) is 1. The Hall–Kier alpha value is -1.37. The average molecular weight is 360 g/mol. The summed E-state index contributed by atoms with van der Waals surface area (Å²) in [5.41, 5.74) is 0. The van der Waals surface area contributed by atoms with Gasteiger partial charge in [-0.1, -0.05) is 0 Å². The van der Waals surface area contributed by atoms with E-state index in [9.17, 15) is 21.6 Å². The van der Waals surface area contributed by atoms with E-state index in [1.54, 1.807) is 0 Å². The van der Waals surface area contributed by atoms with Crippen LogP contribution in [-0.4, -0.2) is 68.4 Å². The summed E-state index contributed by atoms with van der Waals surface area (Å²) >= 11 is 0. The van der Waals surface area contributed by atoms with E-state index < -0.39 is 45.0 Å². The van der Waals surface area contributed by atoms with Gasteiger partial charge >= 0.3 is 5.97 Å². The van der Waals surface area contributed by atoms with Gasteiger partial charge in [-0.05, 0) is 0 Å². The van der Waals surface area contributed by atoms with E-state index in [1.165, 1.54) is 14.2 Å². The lowest BCUT2D eigenvalue weighted by Crippen LogP contribution is -2.38. The van der Waals surface area contributed by atoms with Crippen molar-refractivity contribution in [2.75, 3.05) is 33.3 Å². The molecule has 0 bridgehead atoms. The van der Waals surface area contributed by atoms with Crippen LogP contribution >= 0.6 is 0 Å². The van der Waals surface area contributed by atoms with E-state index in [4.69, 9.17) is 18.4 Å². The van der Waals surface area contributed by atoms with Crippen LogP contribution in [0.3, 0.4) is 0 Å². The quantitative estimate of drug-likeness (QED) is 0.381. The van der Waals surface area contributed by atoms with Gasteiger partial charge < -0.3 is 14.2 Å². The summed E-state index contributed by atoms with van der Waals surface area (Å²) in [6.07, 6.45) is -1.26. The second-order valence-corrected chi connectivity index (χ2v) is 7.50. The Morgan fingerprint density at radius 3 is 2.09 bits per heavy atom. The fourth-order valence-corrected chi connectivity index (χ4v) is 2.66. The lowest BCUT2D eigenvalue weighted by molar-refractivity contribution is -0.146. The maximum Gasteiger partial charge on any atom is 0.378 e. The van der Waals surface area contributed by atoms with Crippen LogP contribution in [0.15, 0.2) is 11.5 Å².